The smallest absolute Gasteiger partial charge is 0.226 e. The van der Waals surface area contributed by atoms with Gasteiger partial charge < -0.3 is 9.64 Å². The van der Waals surface area contributed by atoms with E-state index in [0.717, 1.165) is 52.2 Å². The highest BCUT2D eigenvalue weighted by Gasteiger charge is 2.22. The normalized spacial score (nSPS) is 21.9. The quantitative estimate of drug-likeness (QED) is 0.677. The van der Waals surface area contributed by atoms with Crippen molar-refractivity contribution < 1.29 is 9.53 Å². The molecule has 0 radical (unpaired) electrons. The van der Waals surface area contributed by atoms with E-state index < -0.39 is 0 Å². The predicted molar refractivity (Wildman–Crippen MR) is 66.8 cm³/mol. The summed E-state index contributed by atoms with van der Waals surface area (Å²) in [4.78, 5) is 16.3. The molecule has 1 aliphatic heterocycles. The Bertz CT molecular complexity index is 277. The number of morpholine rings is 1. The summed E-state index contributed by atoms with van der Waals surface area (Å²) in [5.41, 5.74) is 0. The van der Waals surface area contributed by atoms with E-state index in [4.69, 9.17) is 4.74 Å². The first-order chi connectivity index (χ1) is 8.27. The molecule has 2 rings (SSSR count). The fourth-order valence-corrected chi connectivity index (χ4v) is 2.36. The summed E-state index contributed by atoms with van der Waals surface area (Å²) in [6.07, 6.45) is 6.05. The Balaban J connectivity index is 1.68. The largest absolute Gasteiger partial charge is 0.379 e. The van der Waals surface area contributed by atoms with Crippen LogP contribution in [-0.2, 0) is 9.53 Å². The molecule has 4 nitrogen and oxygen atoms in total. The summed E-state index contributed by atoms with van der Waals surface area (Å²) < 4.78 is 5.30. The number of amides is 1. The Morgan fingerprint density at radius 1 is 1.35 bits per heavy atom. The molecule has 1 heterocycles. The maximum Gasteiger partial charge on any atom is 0.226 e. The lowest BCUT2D eigenvalue weighted by Gasteiger charge is -2.29. The van der Waals surface area contributed by atoms with Crippen molar-refractivity contribution in [3.05, 3.63) is 12.2 Å². The second kappa shape index (κ2) is 6.17. The van der Waals surface area contributed by atoms with Gasteiger partial charge in [-0.3, -0.25) is 9.69 Å². The maximum atomic E-state index is 12.1. The number of ether oxygens (including phenoxy) is 1. The van der Waals surface area contributed by atoms with Crippen LogP contribution in [0.2, 0.25) is 0 Å². The van der Waals surface area contributed by atoms with Crippen LogP contribution < -0.4 is 0 Å². The molecule has 96 valence electrons. The first kappa shape index (κ1) is 12.6. The maximum absolute atomic E-state index is 12.1. The van der Waals surface area contributed by atoms with Crippen LogP contribution in [0.1, 0.15) is 12.8 Å². The fourth-order valence-electron chi connectivity index (χ4n) is 2.36. The highest BCUT2D eigenvalue weighted by molar-refractivity contribution is 5.79. The number of carbonyl (C=O) groups is 1. The lowest BCUT2D eigenvalue weighted by atomic mass is 10.1. The van der Waals surface area contributed by atoms with Crippen LogP contribution in [0.5, 0.6) is 0 Å². The molecule has 1 aliphatic carbocycles. The van der Waals surface area contributed by atoms with Crippen LogP contribution in [0, 0.1) is 5.92 Å². The van der Waals surface area contributed by atoms with E-state index in [1.165, 1.54) is 0 Å². The van der Waals surface area contributed by atoms with Gasteiger partial charge in [0.2, 0.25) is 5.91 Å². The van der Waals surface area contributed by atoms with Crippen LogP contribution in [-0.4, -0.2) is 62.1 Å². The highest BCUT2D eigenvalue weighted by atomic mass is 16.5. The molecular weight excluding hydrogens is 216 g/mol. The second-order valence-electron chi connectivity index (χ2n) is 4.85. The minimum Gasteiger partial charge on any atom is -0.379 e. The Morgan fingerprint density at radius 3 is 2.65 bits per heavy atom. The van der Waals surface area contributed by atoms with Crippen LogP contribution in [0.15, 0.2) is 12.2 Å². The highest BCUT2D eigenvalue weighted by Crippen LogP contribution is 2.19. The standard InChI is InChI=1S/C13H22N2O2/c1-14(13(16)12-4-2-3-5-12)6-7-15-8-10-17-11-9-15/h2-3,12H,4-11H2,1H3. The number of nitrogens with zero attached hydrogens (tertiary/aromatic N) is 2. The summed E-state index contributed by atoms with van der Waals surface area (Å²) in [7, 11) is 1.92. The molecule has 0 aromatic carbocycles. The lowest BCUT2D eigenvalue weighted by Crippen LogP contribution is -2.43. The Morgan fingerprint density at radius 2 is 2.00 bits per heavy atom. The van der Waals surface area contributed by atoms with Crippen molar-refractivity contribution in [2.75, 3.05) is 46.4 Å². The van der Waals surface area contributed by atoms with Crippen LogP contribution in [0.3, 0.4) is 0 Å². The monoisotopic (exact) mass is 238 g/mol. The van der Waals surface area contributed by atoms with Gasteiger partial charge in [0.25, 0.3) is 0 Å². The van der Waals surface area contributed by atoms with E-state index in [9.17, 15) is 4.79 Å². The van der Waals surface area contributed by atoms with Crippen molar-refractivity contribution >= 4 is 5.91 Å². The Kier molecular flexibility index (Phi) is 4.57. The number of carbonyl (C=O) groups excluding carboxylic acids is 1. The molecule has 0 aromatic heterocycles. The van der Waals surface area contributed by atoms with E-state index in [0.29, 0.717) is 5.91 Å². The molecule has 0 spiro atoms. The third kappa shape index (κ3) is 3.54. The zero-order valence-corrected chi connectivity index (χ0v) is 10.6. The minimum atomic E-state index is 0.199. The fraction of sp³-hybridized carbons (Fsp3) is 0.769. The zero-order chi connectivity index (χ0) is 12.1. The molecular formula is C13H22N2O2. The van der Waals surface area contributed by atoms with Crippen LogP contribution >= 0.6 is 0 Å². The number of likely N-dealkylation sites (N-methyl/N-ethyl adjacent to an activating group) is 1. The molecule has 4 heteroatoms. The third-order valence-electron chi connectivity index (χ3n) is 3.59. The average Bonchev–Trinajstić information content (AvgIpc) is 2.90. The van der Waals surface area contributed by atoms with Crippen LogP contribution in [0.25, 0.3) is 0 Å². The Labute approximate surface area is 103 Å². The molecule has 0 atom stereocenters. The van der Waals surface area contributed by atoms with Crippen molar-refractivity contribution in [1.29, 1.82) is 0 Å². The van der Waals surface area contributed by atoms with E-state index in [2.05, 4.69) is 17.1 Å². The number of hydrogen-bond acceptors (Lipinski definition) is 3. The van der Waals surface area contributed by atoms with Gasteiger partial charge in [-0.15, -0.1) is 0 Å². The van der Waals surface area contributed by atoms with E-state index in [1.807, 2.05) is 11.9 Å². The molecule has 1 amide bonds. The van der Waals surface area contributed by atoms with Crippen molar-refractivity contribution in [3.63, 3.8) is 0 Å². The number of hydrogen-bond donors (Lipinski definition) is 0. The molecule has 0 bridgehead atoms. The van der Waals surface area contributed by atoms with E-state index in [-0.39, 0.29) is 5.92 Å². The first-order valence-electron chi connectivity index (χ1n) is 6.47. The molecule has 17 heavy (non-hydrogen) atoms. The summed E-state index contributed by atoms with van der Waals surface area (Å²) in [6, 6.07) is 0. The van der Waals surface area contributed by atoms with Gasteiger partial charge in [-0.25, -0.2) is 0 Å². The van der Waals surface area contributed by atoms with E-state index >= 15 is 0 Å². The summed E-state index contributed by atoms with van der Waals surface area (Å²) >= 11 is 0. The molecule has 0 unspecified atom stereocenters. The van der Waals surface area contributed by atoms with Crippen molar-refractivity contribution in [2.24, 2.45) is 5.92 Å². The molecule has 2 aliphatic rings. The van der Waals surface area contributed by atoms with Crippen LogP contribution in [0.4, 0.5) is 0 Å². The van der Waals surface area contributed by atoms with Gasteiger partial charge in [-0.2, -0.15) is 0 Å². The lowest BCUT2D eigenvalue weighted by molar-refractivity contribution is -0.134. The average molecular weight is 238 g/mol. The SMILES string of the molecule is CN(CCN1CCOCC1)C(=O)C1CC=CC1. The molecule has 0 saturated carbocycles. The topological polar surface area (TPSA) is 32.8 Å². The predicted octanol–water partition coefficient (Wildman–Crippen LogP) is 0.743. The molecule has 0 aromatic rings. The van der Waals surface area contributed by atoms with Gasteiger partial charge >= 0.3 is 0 Å². The van der Waals surface area contributed by atoms with Gasteiger partial charge in [0.15, 0.2) is 0 Å². The summed E-state index contributed by atoms with van der Waals surface area (Å²) in [5.74, 6) is 0.493. The zero-order valence-electron chi connectivity index (χ0n) is 10.6. The number of allylic oxidation sites excluding steroid dienone is 2. The van der Waals surface area contributed by atoms with Gasteiger partial charge in [0, 0.05) is 39.1 Å². The first-order valence-corrected chi connectivity index (χ1v) is 6.47. The van der Waals surface area contributed by atoms with Crippen molar-refractivity contribution in [1.82, 2.24) is 9.80 Å². The number of rotatable bonds is 4. The Hall–Kier alpha value is -0.870. The van der Waals surface area contributed by atoms with Crippen molar-refractivity contribution in [3.8, 4) is 0 Å². The van der Waals surface area contributed by atoms with Gasteiger partial charge in [0.05, 0.1) is 13.2 Å². The van der Waals surface area contributed by atoms with Crippen molar-refractivity contribution in [2.45, 2.75) is 12.8 Å². The van der Waals surface area contributed by atoms with Gasteiger partial charge in [-0.1, -0.05) is 12.2 Å². The third-order valence-corrected chi connectivity index (χ3v) is 3.59. The van der Waals surface area contributed by atoms with E-state index in [1.54, 1.807) is 0 Å². The molecule has 1 saturated heterocycles. The second-order valence-corrected chi connectivity index (χ2v) is 4.85. The molecule has 0 N–H and O–H groups in total. The minimum absolute atomic E-state index is 0.199. The summed E-state index contributed by atoms with van der Waals surface area (Å²) in [5, 5.41) is 0. The van der Waals surface area contributed by atoms with Gasteiger partial charge in [0.1, 0.15) is 0 Å². The molecule has 1 fully saturated rings. The van der Waals surface area contributed by atoms with Gasteiger partial charge in [-0.05, 0) is 12.8 Å². The summed E-state index contributed by atoms with van der Waals surface area (Å²) in [6.45, 7) is 5.43.